The summed E-state index contributed by atoms with van der Waals surface area (Å²) in [6, 6.07) is 3.16. The molecule has 0 aromatic carbocycles. The molecule has 0 atom stereocenters. The summed E-state index contributed by atoms with van der Waals surface area (Å²) in [5.74, 6) is 0.753. The van der Waals surface area contributed by atoms with Crippen molar-refractivity contribution in [3.05, 3.63) is 18.3 Å². The van der Waals surface area contributed by atoms with Crippen molar-refractivity contribution in [1.82, 2.24) is 4.98 Å². The normalized spacial score (nSPS) is 19.1. The number of alkyl halides is 1. The van der Waals surface area contributed by atoms with Gasteiger partial charge in [0, 0.05) is 31.5 Å². The monoisotopic (exact) mass is 304 g/mol. The zero-order valence-electron chi connectivity index (χ0n) is 10.7. The van der Waals surface area contributed by atoms with Gasteiger partial charge in [0.1, 0.15) is 10.7 Å². The lowest BCUT2D eigenvalue weighted by molar-refractivity contribution is 0.0666. The van der Waals surface area contributed by atoms with Gasteiger partial charge < -0.3 is 10.1 Å². The fourth-order valence-electron chi connectivity index (χ4n) is 2.09. The molecule has 2 heterocycles. The first-order chi connectivity index (χ1) is 8.97. The van der Waals surface area contributed by atoms with E-state index in [9.17, 15) is 8.42 Å². The molecule has 0 unspecified atom stereocenters. The number of hydrogen-bond donors (Lipinski definition) is 1. The average Bonchev–Trinajstić information content (AvgIpc) is 2.39. The minimum Gasteiger partial charge on any atom is -0.381 e. The molecule has 19 heavy (non-hydrogen) atoms. The van der Waals surface area contributed by atoms with E-state index in [1.54, 1.807) is 18.3 Å². The number of nitrogens with zero attached hydrogens (tertiary/aromatic N) is 1. The van der Waals surface area contributed by atoms with E-state index in [-0.39, 0.29) is 10.4 Å². The summed E-state index contributed by atoms with van der Waals surface area (Å²) in [6.07, 6.45) is 4.21. The molecule has 0 bridgehead atoms. The minimum absolute atomic E-state index is 0.200. The van der Waals surface area contributed by atoms with Gasteiger partial charge in [-0.1, -0.05) is 0 Å². The van der Waals surface area contributed by atoms with Crippen molar-refractivity contribution in [3.63, 3.8) is 0 Å². The molecule has 7 heteroatoms. The van der Waals surface area contributed by atoms with E-state index in [2.05, 4.69) is 10.3 Å². The molecule has 0 amide bonds. The highest BCUT2D eigenvalue weighted by atomic mass is 35.5. The fourth-order valence-corrected chi connectivity index (χ4v) is 3.20. The molecular weight excluding hydrogens is 288 g/mol. The molecule has 1 aliphatic rings. The molecule has 0 spiro atoms. The average molecular weight is 305 g/mol. The lowest BCUT2D eigenvalue weighted by Gasteiger charge is -2.37. The smallest absolute Gasteiger partial charge is 0.179 e. The van der Waals surface area contributed by atoms with Crippen molar-refractivity contribution in [3.8, 4) is 0 Å². The van der Waals surface area contributed by atoms with E-state index in [0.717, 1.165) is 12.8 Å². The molecule has 0 radical (unpaired) electrons. The van der Waals surface area contributed by atoms with Crippen LogP contribution >= 0.6 is 11.6 Å². The van der Waals surface area contributed by atoms with Crippen LogP contribution in [0.5, 0.6) is 0 Å². The number of sulfone groups is 1. The van der Waals surface area contributed by atoms with Crippen molar-refractivity contribution in [2.24, 2.45) is 0 Å². The van der Waals surface area contributed by atoms with Crippen molar-refractivity contribution in [2.45, 2.75) is 23.3 Å². The van der Waals surface area contributed by atoms with Crippen LogP contribution in [-0.4, -0.2) is 44.3 Å². The van der Waals surface area contributed by atoms with Crippen molar-refractivity contribution < 1.29 is 13.2 Å². The number of nitrogens with one attached hydrogen (secondary N) is 1. The van der Waals surface area contributed by atoms with E-state index in [4.69, 9.17) is 16.3 Å². The maximum atomic E-state index is 11.8. The number of rotatable bonds is 4. The lowest BCUT2D eigenvalue weighted by atomic mass is 9.92. The highest BCUT2D eigenvalue weighted by molar-refractivity contribution is 7.90. The van der Waals surface area contributed by atoms with Gasteiger partial charge in [-0.05, 0) is 25.0 Å². The van der Waals surface area contributed by atoms with Crippen LogP contribution in [0.4, 0.5) is 5.82 Å². The summed E-state index contributed by atoms with van der Waals surface area (Å²) in [4.78, 5) is 4.34. The lowest BCUT2D eigenvalue weighted by Crippen LogP contribution is -2.46. The molecule has 106 valence electrons. The van der Waals surface area contributed by atoms with Gasteiger partial charge in [0.2, 0.25) is 0 Å². The Bertz CT molecular complexity index is 542. The third-order valence-electron chi connectivity index (χ3n) is 3.26. The Kier molecular flexibility index (Phi) is 4.32. The van der Waals surface area contributed by atoms with Crippen LogP contribution in [0.1, 0.15) is 12.8 Å². The van der Waals surface area contributed by atoms with Crippen molar-refractivity contribution in [1.29, 1.82) is 0 Å². The molecule has 1 aromatic heterocycles. The molecule has 5 nitrogen and oxygen atoms in total. The number of anilines is 1. The summed E-state index contributed by atoms with van der Waals surface area (Å²) in [6.45, 7) is 1.22. The second-order valence-corrected chi connectivity index (χ2v) is 7.03. The predicted molar refractivity (Wildman–Crippen MR) is 74.5 cm³/mol. The second kappa shape index (κ2) is 5.64. The van der Waals surface area contributed by atoms with E-state index in [1.807, 2.05) is 0 Å². The summed E-state index contributed by atoms with van der Waals surface area (Å²) in [7, 11) is -3.32. The van der Waals surface area contributed by atoms with Gasteiger partial charge in [-0.25, -0.2) is 13.4 Å². The molecule has 1 aliphatic heterocycles. The maximum absolute atomic E-state index is 11.8. The minimum atomic E-state index is -3.32. The Balaban J connectivity index is 2.32. The second-order valence-electron chi connectivity index (χ2n) is 4.77. The largest absolute Gasteiger partial charge is 0.381 e. The van der Waals surface area contributed by atoms with Crippen molar-refractivity contribution in [2.75, 3.05) is 30.7 Å². The third-order valence-corrected chi connectivity index (χ3v) is 4.90. The summed E-state index contributed by atoms with van der Waals surface area (Å²) < 4.78 is 28.8. The number of aromatic nitrogens is 1. The summed E-state index contributed by atoms with van der Waals surface area (Å²) in [5.41, 5.74) is -0.354. The first-order valence-electron chi connectivity index (χ1n) is 6.04. The fraction of sp³-hybridized carbons (Fsp3) is 0.583. The molecule has 1 aromatic rings. The Morgan fingerprint density at radius 3 is 2.74 bits per heavy atom. The topological polar surface area (TPSA) is 68.3 Å². The standard InChI is InChI=1S/C12H17ClN2O3S/c1-19(16,17)10-3-2-6-14-11(10)15-12(9-13)4-7-18-8-5-12/h2-3,6H,4-5,7-9H2,1H3,(H,14,15). The van der Waals surface area contributed by atoms with Gasteiger partial charge in [0.15, 0.2) is 9.84 Å². The third kappa shape index (κ3) is 3.38. The number of halogens is 1. The predicted octanol–water partition coefficient (Wildman–Crippen LogP) is 1.68. The van der Waals surface area contributed by atoms with Crippen LogP contribution < -0.4 is 5.32 Å². The van der Waals surface area contributed by atoms with Gasteiger partial charge in [0.05, 0.1) is 5.54 Å². The van der Waals surface area contributed by atoms with Crippen LogP contribution in [0.3, 0.4) is 0 Å². The van der Waals surface area contributed by atoms with E-state index < -0.39 is 9.84 Å². The van der Waals surface area contributed by atoms with Gasteiger partial charge >= 0.3 is 0 Å². The number of ether oxygens (including phenoxy) is 1. The van der Waals surface area contributed by atoms with Crippen LogP contribution in [0, 0.1) is 0 Å². The summed E-state index contributed by atoms with van der Waals surface area (Å²) >= 11 is 6.06. The first kappa shape index (κ1) is 14.6. The molecular formula is C12H17ClN2O3S. The van der Waals surface area contributed by atoms with E-state index >= 15 is 0 Å². The van der Waals surface area contributed by atoms with Crippen LogP contribution in [0.2, 0.25) is 0 Å². The zero-order valence-corrected chi connectivity index (χ0v) is 12.3. The van der Waals surface area contributed by atoms with Crippen LogP contribution in [-0.2, 0) is 14.6 Å². The first-order valence-corrected chi connectivity index (χ1v) is 8.46. The number of hydrogen-bond acceptors (Lipinski definition) is 5. The zero-order chi connectivity index (χ0) is 13.9. The molecule has 1 saturated heterocycles. The highest BCUT2D eigenvalue weighted by Gasteiger charge is 2.33. The molecule has 0 aliphatic carbocycles. The van der Waals surface area contributed by atoms with Gasteiger partial charge in [-0.15, -0.1) is 11.6 Å². The Hall–Kier alpha value is -0.850. The van der Waals surface area contributed by atoms with Crippen LogP contribution in [0.25, 0.3) is 0 Å². The Morgan fingerprint density at radius 1 is 1.47 bits per heavy atom. The highest BCUT2D eigenvalue weighted by Crippen LogP contribution is 2.29. The van der Waals surface area contributed by atoms with E-state index in [0.29, 0.717) is 24.9 Å². The molecule has 2 rings (SSSR count). The van der Waals surface area contributed by atoms with Gasteiger partial charge in [-0.3, -0.25) is 0 Å². The van der Waals surface area contributed by atoms with Gasteiger partial charge in [0.25, 0.3) is 0 Å². The summed E-state index contributed by atoms with van der Waals surface area (Å²) in [5, 5.41) is 3.22. The molecule has 1 fully saturated rings. The molecule has 1 N–H and O–H groups in total. The van der Waals surface area contributed by atoms with Crippen molar-refractivity contribution >= 4 is 27.3 Å². The van der Waals surface area contributed by atoms with E-state index in [1.165, 1.54) is 6.26 Å². The Morgan fingerprint density at radius 2 is 2.16 bits per heavy atom. The SMILES string of the molecule is CS(=O)(=O)c1cccnc1NC1(CCl)CCOCC1. The number of pyridine rings is 1. The Labute approximate surface area is 118 Å². The molecule has 0 saturated carbocycles. The quantitative estimate of drug-likeness (QED) is 0.857. The maximum Gasteiger partial charge on any atom is 0.179 e. The van der Waals surface area contributed by atoms with Gasteiger partial charge in [-0.2, -0.15) is 0 Å². The van der Waals surface area contributed by atoms with Crippen LogP contribution in [0.15, 0.2) is 23.2 Å².